The third-order valence-corrected chi connectivity index (χ3v) is 3.13. The summed E-state index contributed by atoms with van der Waals surface area (Å²) in [6.45, 7) is 2.77. The third-order valence-electron chi connectivity index (χ3n) is 1.91. The van der Waals surface area contributed by atoms with Gasteiger partial charge in [-0.15, -0.1) is 11.3 Å². The van der Waals surface area contributed by atoms with Gasteiger partial charge in [-0.25, -0.2) is 15.0 Å². The van der Waals surface area contributed by atoms with Gasteiger partial charge in [0, 0.05) is 24.0 Å². The lowest BCUT2D eigenvalue weighted by atomic mass is 10.4. The Morgan fingerprint density at radius 3 is 2.75 bits per heavy atom. The molecule has 0 aromatic carbocycles. The number of anilines is 1. The van der Waals surface area contributed by atoms with E-state index in [0.717, 1.165) is 23.7 Å². The number of hydrogen-bond donors (Lipinski definition) is 1. The maximum Gasteiger partial charge on any atom is 0.222 e. The molecule has 0 spiro atoms. The highest BCUT2D eigenvalue weighted by Gasteiger charge is 1.99. The fourth-order valence-corrected chi connectivity index (χ4v) is 2.08. The summed E-state index contributed by atoms with van der Waals surface area (Å²) in [6.07, 6.45) is 4.03. The maximum absolute atomic E-state index is 5.68. The summed E-state index contributed by atoms with van der Waals surface area (Å²) in [7, 11) is 0. The lowest BCUT2D eigenvalue weighted by Crippen LogP contribution is -2.07. The smallest absolute Gasteiger partial charge is 0.222 e. The molecule has 0 amide bonds. The van der Waals surface area contributed by atoms with E-state index in [1.54, 1.807) is 23.7 Å². The van der Waals surface area contributed by atoms with E-state index in [0.29, 0.717) is 11.0 Å². The highest BCUT2D eigenvalue weighted by atomic mass is 35.5. The van der Waals surface area contributed by atoms with E-state index in [-0.39, 0.29) is 0 Å². The third kappa shape index (κ3) is 3.15. The molecule has 0 bridgehead atoms. The van der Waals surface area contributed by atoms with Crippen molar-refractivity contribution < 1.29 is 0 Å². The molecular weight excluding hydrogens is 244 g/mol. The molecule has 0 aliphatic heterocycles. The normalized spacial score (nSPS) is 10.4. The molecule has 2 rings (SSSR count). The Balaban J connectivity index is 1.82. The van der Waals surface area contributed by atoms with Crippen LogP contribution in [0.2, 0.25) is 5.02 Å². The number of thiazole rings is 1. The lowest BCUT2D eigenvalue weighted by Gasteiger charge is -2.02. The first-order valence-electron chi connectivity index (χ1n) is 4.86. The molecule has 0 radical (unpaired) electrons. The van der Waals surface area contributed by atoms with Crippen molar-refractivity contribution in [2.45, 2.75) is 13.3 Å². The van der Waals surface area contributed by atoms with Gasteiger partial charge in [0.25, 0.3) is 0 Å². The van der Waals surface area contributed by atoms with Gasteiger partial charge < -0.3 is 5.32 Å². The molecule has 2 aromatic rings. The molecule has 4 nitrogen and oxygen atoms in total. The molecule has 6 heteroatoms. The summed E-state index contributed by atoms with van der Waals surface area (Å²) in [4.78, 5) is 12.5. The van der Waals surface area contributed by atoms with Gasteiger partial charge in [0.05, 0.1) is 22.4 Å². The summed E-state index contributed by atoms with van der Waals surface area (Å²) in [5.74, 6) is 0.595. The topological polar surface area (TPSA) is 50.7 Å². The van der Waals surface area contributed by atoms with Crippen LogP contribution in [0.15, 0.2) is 17.8 Å². The van der Waals surface area contributed by atoms with Crippen LogP contribution in [-0.2, 0) is 6.42 Å². The zero-order valence-corrected chi connectivity index (χ0v) is 10.3. The Bertz CT molecular complexity index is 454. The Labute approximate surface area is 103 Å². The van der Waals surface area contributed by atoms with Gasteiger partial charge in [-0.05, 0) is 6.92 Å². The number of nitrogens with one attached hydrogen (secondary N) is 1. The molecular formula is C10H11ClN4S. The first-order valence-corrected chi connectivity index (χ1v) is 6.12. The zero-order valence-electron chi connectivity index (χ0n) is 8.77. The molecule has 84 valence electrons. The van der Waals surface area contributed by atoms with Crippen LogP contribution in [0.1, 0.15) is 10.7 Å². The van der Waals surface area contributed by atoms with E-state index in [9.17, 15) is 0 Å². The van der Waals surface area contributed by atoms with E-state index < -0.39 is 0 Å². The highest BCUT2D eigenvalue weighted by molar-refractivity contribution is 7.09. The van der Waals surface area contributed by atoms with Crippen molar-refractivity contribution in [2.24, 2.45) is 0 Å². The van der Waals surface area contributed by atoms with Crippen LogP contribution >= 0.6 is 22.9 Å². The monoisotopic (exact) mass is 254 g/mol. The van der Waals surface area contributed by atoms with Crippen LogP contribution in [-0.4, -0.2) is 21.5 Å². The van der Waals surface area contributed by atoms with Gasteiger partial charge in [-0.3, -0.25) is 0 Å². The molecule has 0 atom stereocenters. The number of aromatic nitrogens is 3. The molecule has 0 saturated heterocycles. The van der Waals surface area contributed by atoms with Gasteiger partial charge >= 0.3 is 0 Å². The SMILES string of the molecule is Cc1csc(CCNc2ncc(Cl)cn2)n1. The predicted octanol–water partition coefficient (Wildman–Crippen LogP) is 2.55. The first kappa shape index (κ1) is 11.3. The Morgan fingerprint density at radius 1 is 1.38 bits per heavy atom. The van der Waals surface area contributed by atoms with Crippen molar-refractivity contribution in [1.82, 2.24) is 15.0 Å². The van der Waals surface area contributed by atoms with Gasteiger partial charge in [-0.2, -0.15) is 0 Å². The zero-order chi connectivity index (χ0) is 11.4. The molecule has 0 unspecified atom stereocenters. The summed E-state index contributed by atoms with van der Waals surface area (Å²) >= 11 is 7.36. The lowest BCUT2D eigenvalue weighted by molar-refractivity contribution is 0.962. The van der Waals surface area contributed by atoms with E-state index in [1.807, 2.05) is 12.3 Å². The number of nitrogens with zero attached hydrogens (tertiary/aromatic N) is 3. The van der Waals surface area contributed by atoms with Crippen molar-refractivity contribution in [3.05, 3.63) is 33.5 Å². The largest absolute Gasteiger partial charge is 0.354 e. The summed E-state index contributed by atoms with van der Waals surface area (Å²) in [5, 5.41) is 6.83. The average Bonchev–Trinajstić information content (AvgIpc) is 2.67. The van der Waals surface area contributed by atoms with Crippen LogP contribution < -0.4 is 5.32 Å². The predicted molar refractivity (Wildman–Crippen MR) is 66.1 cm³/mol. The Kier molecular flexibility index (Phi) is 3.69. The fourth-order valence-electron chi connectivity index (χ4n) is 1.20. The summed E-state index contributed by atoms with van der Waals surface area (Å²) in [5.41, 5.74) is 1.07. The molecule has 2 aromatic heterocycles. The molecule has 2 heterocycles. The van der Waals surface area contributed by atoms with Gasteiger partial charge in [0.15, 0.2) is 0 Å². The molecule has 0 fully saturated rings. The van der Waals surface area contributed by atoms with Gasteiger partial charge in [-0.1, -0.05) is 11.6 Å². The van der Waals surface area contributed by atoms with Crippen LogP contribution in [0, 0.1) is 6.92 Å². The van der Waals surface area contributed by atoms with Gasteiger partial charge in [0.2, 0.25) is 5.95 Å². The van der Waals surface area contributed by atoms with E-state index >= 15 is 0 Å². The van der Waals surface area contributed by atoms with Gasteiger partial charge in [0.1, 0.15) is 0 Å². The Hall–Kier alpha value is -1.20. The molecule has 0 aliphatic rings. The Morgan fingerprint density at radius 2 is 2.12 bits per heavy atom. The minimum Gasteiger partial charge on any atom is -0.354 e. The van der Waals surface area contributed by atoms with Crippen molar-refractivity contribution >= 4 is 28.9 Å². The van der Waals surface area contributed by atoms with E-state index in [1.165, 1.54) is 0 Å². The molecule has 1 N–H and O–H groups in total. The second-order valence-corrected chi connectivity index (χ2v) is 4.66. The number of aryl methyl sites for hydroxylation is 1. The second kappa shape index (κ2) is 5.23. The summed E-state index contributed by atoms with van der Waals surface area (Å²) < 4.78 is 0. The van der Waals surface area contributed by atoms with Crippen LogP contribution in [0.5, 0.6) is 0 Å². The minimum absolute atomic E-state index is 0.543. The van der Waals surface area contributed by atoms with Crippen molar-refractivity contribution in [2.75, 3.05) is 11.9 Å². The quantitative estimate of drug-likeness (QED) is 0.911. The van der Waals surface area contributed by atoms with Crippen molar-refractivity contribution in [3.8, 4) is 0 Å². The first-order chi connectivity index (χ1) is 7.74. The number of hydrogen-bond acceptors (Lipinski definition) is 5. The minimum atomic E-state index is 0.543. The molecule has 0 saturated carbocycles. The number of rotatable bonds is 4. The number of halogens is 1. The van der Waals surface area contributed by atoms with Crippen LogP contribution in [0.3, 0.4) is 0 Å². The highest BCUT2D eigenvalue weighted by Crippen LogP contribution is 2.10. The van der Waals surface area contributed by atoms with E-state index in [2.05, 4.69) is 20.3 Å². The summed E-state index contributed by atoms with van der Waals surface area (Å²) in [6, 6.07) is 0. The van der Waals surface area contributed by atoms with E-state index in [4.69, 9.17) is 11.6 Å². The maximum atomic E-state index is 5.68. The van der Waals surface area contributed by atoms with Crippen LogP contribution in [0.25, 0.3) is 0 Å². The van der Waals surface area contributed by atoms with Crippen molar-refractivity contribution in [3.63, 3.8) is 0 Å². The second-order valence-electron chi connectivity index (χ2n) is 3.28. The average molecular weight is 255 g/mol. The van der Waals surface area contributed by atoms with Crippen molar-refractivity contribution in [1.29, 1.82) is 0 Å². The fraction of sp³-hybridized carbons (Fsp3) is 0.300. The standard InChI is InChI=1S/C10H11ClN4S/c1-7-6-16-9(15-7)2-3-12-10-13-4-8(11)5-14-10/h4-6H,2-3H2,1H3,(H,12,13,14). The molecule has 0 aliphatic carbocycles. The van der Waals surface area contributed by atoms with Crippen LogP contribution in [0.4, 0.5) is 5.95 Å². The molecule has 16 heavy (non-hydrogen) atoms.